The van der Waals surface area contributed by atoms with Gasteiger partial charge in [0.2, 0.25) is 0 Å². The zero-order chi connectivity index (χ0) is 15.4. The largest absolute Gasteiger partial charge is 0.361 e. The van der Waals surface area contributed by atoms with E-state index in [9.17, 15) is 4.79 Å². The normalized spacial score (nSPS) is 10.9. The number of hydrogen-bond donors (Lipinski definition) is 1. The van der Waals surface area contributed by atoms with Crippen LogP contribution in [0.1, 0.15) is 27.0 Å². The van der Waals surface area contributed by atoms with E-state index in [2.05, 4.69) is 5.32 Å². The van der Waals surface area contributed by atoms with E-state index in [1.54, 1.807) is 6.20 Å². The zero-order valence-corrected chi connectivity index (χ0v) is 13.2. The summed E-state index contributed by atoms with van der Waals surface area (Å²) in [6.07, 6.45) is 3.18. The maximum atomic E-state index is 12.1. The van der Waals surface area contributed by atoms with E-state index in [0.29, 0.717) is 10.6 Å². The van der Waals surface area contributed by atoms with Gasteiger partial charge in [-0.1, -0.05) is 29.8 Å². The summed E-state index contributed by atoms with van der Waals surface area (Å²) in [7, 11) is 0. The fourth-order valence-electron chi connectivity index (χ4n) is 1.96. The molecule has 2 rings (SSSR count). The molecule has 108 valence electrons. The van der Waals surface area contributed by atoms with Gasteiger partial charge >= 0.3 is 0 Å². The fourth-order valence-corrected chi connectivity index (χ4v) is 2.14. The lowest BCUT2D eigenvalue weighted by Gasteiger charge is -2.06. The molecule has 2 aromatic carbocycles. The number of aryl methyl sites for hydroxylation is 2. The van der Waals surface area contributed by atoms with Crippen LogP contribution in [0.5, 0.6) is 0 Å². The molecule has 0 aromatic heterocycles. The zero-order valence-electron chi connectivity index (χ0n) is 12.4. The molecule has 0 unspecified atom stereocenters. The summed E-state index contributed by atoms with van der Waals surface area (Å²) in [6.45, 7) is 5.97. The van der Waals surface area contributed by atoms with E-state index in [4.69, 9.17) is 11.6 Å². The molecule has 2 aromatic rings. The third-order valence-corrected chi connectivity index (χ3v) is 3.94. The van der Waals surface area contributed by atoms with E-state index in [0.717, 1.165) is 16.8 Å². The summed E-state index contributed by atoms with van der Waals surface area (Å²) in [6, 6.07) is 11.4. The van der Waals surface area contributed by atoms with Gasteiger partial charge in [-0.3, -0.25) is 4.79 Å². The van der Waals surface area contributed by atoms with Crippen LogP contribution in [0.15, 0.2) is 48.7 Å². The predicted molar refractivity (Wildman–Crippen MR) is 89.2 cm³/mol. The van der Waals surface area contributed by atoms with Crippen LogP contribution in [0.2, 0.25) is 5.02 Å². The smallest absolute Gasteiger partial charge is 0.187 e. The summed E-state index contributed by atoms with van der Waals surface area (Å²) in [5, 5.41) is 3.80. The molecule has 0 aliphatic heterocycles. The van der Waals surface area contributed by atoms with Crippen LogP contribution < -0.4 is 5.32 Å². The molecule has 2 nitrogen and oxygen atoms in total. The first-order valence-electron chi connectivity index (χ1n) is 6.79. The standard InChI is InChI=1S/C18H18ClNO/c1-12-7-8-15(11-13(12)2)18(21)9-10-20-17-6-4-5-16(19)14(17)3/h4-11,20H,1-3H3/b10-9+. The second kappa shape index (κ2) is 6.59. The van der Waals surface area contributed by atoms with E-state index in [1.165, 1.54) is 11.6 Å². The van der Waals surface area contributed by atoms with E-state index < -0.39 is 0 Å². The molecule has 21 heavy (non-hydrogen) atoms. The molecular weight excluding hydrogens is 282 g/mol. The van der Waals surface area contributed by atoms with Gasteiger partial charge in [0.1, 0.15) is 0 Å². The van der Waals surface area contributed by atoms with Crippen molar-refractivity contribution in [1.29, 1.82) is 0 Å². The van der Waals surface area contributed by atoms with Gasteiger partial charge < -0.3 is 5.32 Å². The highest BCUT2D eigenvalue weighted by molar-refractivity contribution is 6.31. The van der Waals surface area contributed by atoms with Crippen molar-refractivity contribution in [3.63, 3.8) is 0 Å². The summed E-state index contributed by atoms with van der Waals surface area (Å²) < 4.78 is 0. The van der Waals surface area contributed by atoms with Crippen molar-refractivity contribution < 1.29 is 4.79 Å². The number of carbonyl (C=O) groups excluding carboxylic acids is 1. The first kappa shape index (κ1) is 15.3. The van der Waals surface area contributed by atoms with Crippen molar-refractivity contribution in [3.8, 4) is 0 Å². The molecule has 1 N–H and O–H groups in total. The van der Waals surface area contributed by atoms with Gasteiger partial charge in [-0.15, -0.1) is 0 Å². The number of benzene rings is 2. The Morgan fingerprint density at radius 2 is 1.86 bits per heavy atom. The minimum atomic E-state index is -0.0229. The van der Waals surface area contributed by atoms with Crippen molar-refractivity contribution in [2.75, 3.05) is 5.32 Å². The third kappa shape index (κ3) is 3.73. The third-order valence-electron chi connectivity index (χ3n) is 3.53. The lowest BCUT2D eigenvalue weighted by molar-refractivity contribution is 0.104. The Kier molecular flexibility index (Phi) is 4.81. The average Bonchev–Trinajstić information content (AvgIpc) is 2.46. The number of anilines is 1. The molecule has 0 saturated carbocycles. The molecule has 0 fully saturated rings. The Balaban J connectivity index is 2.09. The predicted octanol–water partition coefficient (Wildman–Crippen LogP) is 5.07. The Morgan fingerprint density at radius 3 is 2.57 bits per heavy atom. The SMILES string of the molecule is Cc1ccc(C(=O)/C=C/Nc2cccc(Cl)c2C)cc1C. The maximum absolute atomic E-state index is 12.1. The molecular formula is C18H18ClNO. The number of rotatable bonds is 4. The Bertz CT molecular complexity index is 704. The minimum Gasteiger partial charge on any atom is -0.361 e. The van der Waals surface area contributed by atoms with Gasteiger partial charge in [-0.05, 0) is 55.7 Å². The quantitative estimate of drug-likeness (QED) is 0.630. The molecule has 0 radical (unpaired) electrons. The van der Waals surface area contributed by atoms with Crippen LogP contribution in [-0.2, 0) is 0 Å². The highest BCUT2D eigenvalue weighted by Gasteiger charge is 2.03. The van der Waals surface area contributed by atoms with Crippen molar-refractivity contribution in [2.24, 2.45) is 0 Å². The molecule has 0 amide bonds. The molecule has 0 atom stereocenters. The van der Waals surface area contributed by atoms with Gasteiger partial charge in [0, 0.05) is 28.5 Å². The lowest BCUT2D eigenvalue weighted by Crippen LogP contribution is -1.98. The number of hydrogen-bond acceptors (Lipinski definition) is 2. The molecule has 0 saturated heterocycles. The topological polar surface area (TPSA) is 29.1 Å². The van der Waals surface area contributed by atoms with Crippen LogP contribution in [-0.4, -0.2) is 5.78 Å². The molecule has 0 aliphatic carbocycles. The Hall–Kier alpha value is -2.06. The molecule has 0 bridgehead atoms. The van der Waals surface area contributed by atoms with E-state index >= 15 is 0 Å². The van der Waals surface area contributed by atoms with Crippen molar-refractivity contribution in [3.05, 3.63) is 76.0 Å². The summed E-state index contributed by atoms with van der Waals surface area (Å²) in [5.74, 6) is -0.0229. The summed E-state index contributed by atoms with van der Waals surface area (Å²) in [5.41, 5.74) is 4.85. The lowest BCUT2D eigenvalue weighted by atomic mass is 10.0. The number of halogens is 1. The van der Waals surface area contributed by atoms with Gasteiger partial charge in [-0.25, -0.2) is 0 Å². The maximum Gasteiger partial charge on any atom is 0.187 e. The number of ketones is 1. The highest BCUT2D eigenvalue weighted by Crippen LogP contribution is 2.22. The van der Waals surface area contributed by atoms with Crippen molar-refractivity contribution >= 4 is 23.1 Å². The van der Waals surface area contributed by atoms with Gasteiger partial charge in [0.15, 0.2) is 5.78 Å². The first-order chi connectivity index (χ1) is 9.99. The molecule has 0 aliphatic rings. The molecule has 0 heterocycles. The average molecular weight is 300 g/mol. The van der Waals surface area contributed by atoms with Crippen LogP contribution in [0, 0.1) is 20.8 Å². The first-order valence-corrected chi connectivity index (χ1v) is 7.16. The number of allylic oxidation sites excluding steroid dienone is 1. The van der Waals surface area contributed by atoms with E-state index in [-0.39, 0.29) is 5.78 Å². The highest BCUT2D eigenvalue weighted by atomic mass is 35.5. The van der Waals surface area contributed by atoms with Gasteiger partial charge in [-0.2, -0.15) is 0 Å². The number of carbonyl (C=O) groups is 1. The Morgan fingerprint density at radius 1 is 1.10 bits per heavy atom. The van der Waals surface area contributed by atoms with Crippen molar-refractivity contribution in [1.82, 2.24) is 0 Å². The number of nitrogens with one attached hydrogen (secondary N) is 1. The second-order valence-corrected chi connectivity index (χ2v) is 5.46. The Labute approximate surface area is 130 Å². The van der Waals surface area contributed by atoms with Crippen LogP contribution >= 0.6 is 11.6 Å². The minimum absolute atomic E-state index is 0.0229. The fraction of sp³-hybridized carbons (Fsp3) is 0.167. The second-order valence-electron chi connectivity index (χ2n) is 5.05. The monoisotopic (exact) mass is 299 g/mol. The van der Waals surface area contributed by atoms with Crippen LogP contribution in [0.4, 0.5) is 5.69 Å². The van der Waals surface area contributed by atoms with E-state index in [1.807, 2.05) is 57.2 Å². The van der Waals surface area contributed by atoms with Crippen LogP contribution in [0.3, 0.4) is 0 Å². The molecule has 3 heteroatoms. The summed E-state index contributed by atoms with van der Waals surface area (Å²) >= 11 is 6.05. The van der Waals surface area contributed by atoms with Gasteiger partial charge in [0.25, 0.3) is 0 Å². The van der Waals surface area contributed by atoms with Crippen LogP contribution in [0.25, 0.3) is 0 Å². The van der Waals surface area contributed by atoms with Crippen molar-refractivity contribution in [2.45, 2.75) is 20.8 Å². The van der Waals surface area contributed by atoms with Gasteiger partial charge in [0.05, 0.1) is 0 Å². The molecule has 0 spiro atoms. The summed E-state index contributed by atoms with van der Waals surface area (Å²) in [4.78, 5) is 12.1.